The standard InChI is InChI=1S/C20H28O2.C9H15N5O.C9H16O4/c1-15(8-6-9-16(2)14-19(21)22)11-12-18-17(3)10-7-13-20(18,4)5;10-7-6-8(12-9(11)14(7)15)13-4-2-1-3-5-13;10-8(11)6-4-2-1-3-5-7-9(12)13/h6,8-9,11-12,14H,7,10,13H2,1-5H3,(H,21,22);6,11,15H,1-5,10H2;1-7H2,(H,10,11)(H,12,13)/b9-6+,12-11+,15-8+,16-14+;;. The van der Waals surface area contributed by atoms with Crippen molar-refractivity contribution in [1.82, 2.24) is 9.71 Å². The highest BCUT2D eigenvalue weighted by Crippen LogP contribution is 2.40. The van der Waals surface area contributed by atoms with Crippen LogP contribution in [0.1, 0.15) is 118 Å². The largest absolute Gasteiger partial charge is 0.481 e. The molecule has 278 valence electrons. The summed E-state index contributed by atoms with van der Waals surface area (Å²) in [6, 6.07) is 1.60. The summed E-state index contributed by atoms with van der Waals surface area (Å²) in [6.45, 7) is 12.6. The molecule has 1 aromatic heterocycles. The van der Waals surface area contributed by atoms with Crippen molar-refractivity contribution in [3.05, 3.63) is 70.4 Å². The Kier molecular flexibility index (Phi) is 19.9. The van der Waals surface area contributed by atoms with Gasteiger partial charge in [0.15, 0.2) is 0 Å². The number of allylic oxidation sites excluding steroid dienone is 9. The summed E-state index contributed by atoms with van der Waals surface area (Å²) in [7, 11) is 0. The molecule has 12 heteroatoms. The predicted octanol–water partition coefficient (Wildman–Crippen LogP) is 7.66. The number of carboxylic acid groups (broad SMARTS) is 3. The summed E-state index contributed by atoms with van der Waals surface area (Å²) in [5, 5.41) is 41.9. The summed E-state index contributed by atoms with van der Waals surface area (Å²) in [6.07, 6.45) is 23.1. The van der Waals surface area contributed by atoms with Crippen molar-refractivity contribution in [3.63, 3.8) is 0 Å². The van der Waals surface area contributed by atoms with E-state index in [9.17, 15) is 19.6 Å². The molecule has 0 bridgehead atoms. The van der Waals surface area contributed by atoms with Crippen molar-refractivity contribution in [2.24, 2.45) is 5.41 Å². The minimum atomic E-state index is -0.912. The van der Waals surface area contributed by atoms with Gasteiger partial charge < -0.3 is 31.2 Å². The Morgan fingerprint density at radius 1 is 0.920 bits per heavy atom. The van der Waals surface area contributed by atoms with Crippen LogP contribution in [-0.4, -0.2) is 61.2 Å². The third-order valence-electron chi connectivity index (χ3n) is 8.53. The first-order chi connectivity index (χ1) is 23.5. The Morgan fingerprint density at radius 3 is 2.02 bits per heavy atom. The summed E-state index contributed by atoms with van der Waals surface area (Å²) in [5.41, 5.74) is 10.4. The molecule has 0 amide bonds. The molecule has 50 heavy (non-hydrogen) atoms. The zero-order valence-corrected chi connectivity index (χ0v) is 30.6. The number of nitrogens with two attached hydrogens (primary N) is 1. The molecule has 2 heterocycles. The van der Waals surface area contributed by atoms with Gasteiger partial charge in [-0.15, -0.1) is 4.73 Å². The highest BCUT2D eigenvalue weighted by Gasteiger charge is 2.26. The van der Waals surface area contributed by atoms with Crippen LogP contribution >= 0.6 is 0 Å². The molecular formula is C38H59N5O7. The summed E-state index contributed by atoms with van der Waals surface area (Å²) in [4.78, 5) is 36.8. The van der Waals surface area contributed by atoms with E-state index in [2.05, 4.69) is 49.7 Å². The molecule has 0 spiro atoms. The van der Waals surface area contributed by atoms with E-state index in [1.165, 1.54) is 42.9 Å². The SMILES string of the molecule is CC1=C(/C=C/C(C)=C/C=C/C(C)=C/C(=O)O)C(C)(C)CCC1.N=c1nc(N2CCCCC2)cc(N)n1O.O=C(O)CCCCCCCC(=O)O. The van der Waals surface area contributed by atoms with Gasteiger partial charge in [0.2, 0.25) is 0 Å². The van der Waals surface area contributed by atoms with Gasteiger partial charge in [-0.2, -0.15) is 4.98 Å². The predicted molar refractivity (Wildman–Crippen MR) is 197 cm³/mol. The van der Waals surface area contributed by atoms with E-state index in [1.54, 1.807) is 19.1 Å². The van der Waals surface area contributed by atoms with Crippen molar-refractivity contribution in [2.45, 2.75) is 118 Å². The average molecular weight is 698 g/mol. The summed E-state index contributed by atoms with van der Waals surface area (Å²) in [5.74, 6) is -1.60. The maximum atomic E-state index is 10.5. The highest BCUT2D eigenvalue weighted by molar-refractivity contribution is 5.81. The van der Waals surface area contributed by atoms with E-state index in [4.69, 9.17) is 26.5 Å². The smallest absolute Gasteiger partial charge is 0.328 e. The van der Waals surface area contributed by atoms with Crippen LogP contribution in [0.2, 0.25) is 0 Å². The van der Waals surface area contributed by atoms with Crippen LogP contribution in [0.3, 0.4) is 0 Å². The molecule has 1 aliphatic heterocycles. The van der Waals surface area contributed by atoms with Crippen LogP contribution in [0.4, 0.5) is 11.6 Å². The zero-order valence-electron chi connectivity index (χ0n) is 30.6. The second kappa shape index (κ2) is 22.9. The zero-order chi connectivity index (χ0) is 37.7. The van der Waals surface area contributed by atoms with Crippen LogP contribution < -0.4 is 16.3 Å². The number of nitrogens with one attached hydrogen (secondary N) is 1. The van der Waals surface area contributed by atoms with Crippen molar-refractivity contribution in [2.75, 3.05) is 23.7 Å². The molecule has 7 N–H and O–H groups in total. The molecule has 3 rings (SSSR count). The molecule has 1 aliphatic carbocycles. The third-order valence-corrected chi connectivity index (χ3v) is 8.53. The average Bonchev–Trinajstić information content (AvgIpc) is 3.03. The second-order valence-corrected chi connectivity index (χ2v) is 13.5. The van der Waals surface area contributed by atoms with Crippen LogP contribution in [0.5, 0.6) is 0 Å². The number of anilines is 2. The Bertz CT molecular complexity index is 1460. The molecule has 0 radical (unpaired) electrons. The number of unbranched alkanes of at least 4 members (excludes halogenated alkanes) is 4. The number of rotatable bonds is 14. The maximum Gasteiger partial charge on any atom is 0.328 e. The van der Waals surface area contributed by atoms with Crippen LogP contribution in [0.15, 0.2) is 64.8 Å². The first-order valence-corrected chi connectivity index (χ1v) is 17.5. The molecule has 1 saturated heterocycles. The monoisotopic (exact) mass is 697 g/mol. The van der Waals surface area contributed by atoms with Crippen molar-refractivity contribution >= 4 is 29.5 Å². The van der Waals surface area contributed by atoms with Gasteiger partial charge in [-0.25, -0.2) is 4.79 Å². The minimum Gasteiger partial charge on any atom is -0.481 e. The van der Waals surface area contributed by atoms with Gasteiger partial charge in [0.1, 0.15) is 11.6 Å². The van der Waals surface area contributed by atoms with Crippen molar-refractivity contribution in [3.8, 4) is 0 Å². The molecule has 1 fully saturated rings. The number of piperidine rings is 1. The van der Waals surface area contributed by atoms with E-state index in [0.717, 1.165) is 56.3 Å². The molecule has 0 unspecified atom stereocenters. The van der Waals surface area contributed by atoms with Gasteiger partial charge in [0.05, 0.1) is 0 Å². The molecule has 0 aromatic carbocycles. The van der Waals surface area contributed by atoms with E-state index in [0.29, 0.717) is 23.4 Å². The Hall–Kier alpha value is -4.61. The number of nitrogen functional groups attached to an aromatic ring is 1. The fraction of sp³-hybridized carbons (Fsp3) is 0.553. The number of hydrogen-bond acceptors (Lipinski definition) is 8. The highest BCUT2D eigenvalue weighted by atomic mass is 16.5. The Morgan fingerprint density at radius 2 is 1.50 bits per heavy atom. The maximum absolute atomic E-state index is 10.5. The topological polar surface area (TPSA) is 203 Å². The molecule has 1 aromatic rings. The van der Waals surface area contributed by atoms with Gasteiger partial charge in [-0.3, -0.25) is 15.0 Å². The molecular weight excluding hydrogens is 638 g/mol. The van der Waals surface area contributed by atoms with Gasteiger partial charge in [-0.05, 0) is 88.7 Å². The van der Waals surface area contributed by atoms with Crippen LogP contribution in [-0.2, 0) is 14.4 Å². The lowest BCUT2D eigenvalue weighted by molar-refractivity contribution is -0.138. The van der Waals surface area contributed by atoms with Crippen LogP contribution in [0, 0.1) is 10.8 Å². The Labute approximate surface area is 296 Å². The number of aliphatic carboxylic acids is 3. The lowest BCUT2D eigenvalue weighted by Gasteiger charge is -2.32. The quantitative estimate of drug-likeness (QED) is 0.0485. The molecule has 0 saturated carbocycles. The van der Waals surface area contributed by atoms with E-state index < -0.39 is 17.9 Å². The number of hydrogen-bond donors (Lipinski definition) is 6. The molecule has 12 nitrogen and oxygen atoms in total. The van der Waals surface area contributed by atoms with Gasteiger partial charge in [0, 0.05) is 38.1 Å². The number of carboxylic acids is 3. The van der Waals surface area contributed by atoms with Crippen molar-refractivity contribution in [1.29, 1.82) is 5.41 Å². The van der Waals surface area contributed by atoms with Gasteiger partial charge >= 0.3 is 17.9 Å². The lowest BCUT2D eigenvalue weighted by Crippen LogP contribution is -2.33. The molecule has 2 aliphatic rings. The number of aromatic nitrogens is 2. The Balaban J connectivity index is 0.000000392. The van der Waals surface area contributed by atoms with E-state index >= 15 is 0 Å². The lowest BCUT2D eigenvalue weighted by atomic mass is 9.72. The summed E-state index contributed by atoms with van der Waals surface area (Å²) < 4.78 is 0.577. The third kappa shape index (κ3) is 18.2. The van der Waals surface area contributed by atoms with E-state index in [-0.39, 0.29) is 29.7 Å². The van der Waals surface area contributed by atoms with Gasteiger partial charge in [-0.1, -0.05) is 74.6 Å². The first kappa shape index (κ1) is 43.4. The normalized spacial score (nSPS) is 16.5. The minimum absolute atomic E-state index is 0.149. The van der Waals surface area contributed by atoms with E-state index in [1.807, 2.05) is 12.2 Å². The molecule has 0 atom stereocenters. The number of nitrogens with zero attached hydrogens (tertiary/aromatic N) is 3. The fourth-order valence-corrected chi connectivity index (χ4v) is 5.75. The number of carbonyl (C=O) groups is 3. The van der Waals surface area contributed by atoms with Crippen LogP contribution in [0.25, 0.3) is 0 Å². The second-order valence-electron chi connectivity index (χ2n) is 13.5. The van der Waals surface area contributed by atoms with Crippen molar-refractivity contribution < 1.29 is 34.9 Å². The fourth-order valence-electron chi connectivity index (χ4n) is 5.75. The first-order valence-electron chi connectivity index (χ1n) is 17.5. The summed E-state index contributed by atoms with van der Waals surface area (Å²) >= 11 is 0. The van der Waals surface area contributed by atoms with Gasteiger partial charge in [0.25, 0.3) is 5.62 Å².